The predicted molar refractivity (Wildman–Crippen MR) is 141 cm³/mol. The molecule has 0 rings (SSSR count). The number of hydrogen-bond acceptors (Lipinski definition) is 6. The number of carbonyl (C=O) groups is 3. The van der Waals surface area contributed by atoms with Crippen molar-refractivity contribution in [2.75, 3.05) is 24.7 Å². The summed E-state index contributed by atoms with van der Waals surface area (Å²) in [6.07, 6.45) is 1.88. The quantitative estimate of drug-likeness (QED) is 0.259. The van der Waals surface area contributed by atoms with Gasteiger partial charge in [0.05, 0.1) is 36.4 Å². The number of ether oxygens (including phenoxy) is 2. The van der Waals surface area contributed by atoms with Crippen LogP contribution in [-0.2, 0) is 23.9 Å². The molecule has 0 aromatic carbocycles. The first-order valence-electron chi connectivity index (χ1n) is 12.6. The number of amides is 1. The molecule has 8 heteroatoms. The molecule has 202 valence electrons. The standard InChI is InChI=1S/C24H45NO6S.C2H6/c1-9-32-16-19(18(4)22(28)29)25-21(27)10-12-23(5,6)31-15-13-24(7,8)30-14-11-20(26)17(2)3;1-2/h17-19H,9-16H2,1-8H3,(H,25,27)(H,28,29);1-2H3. The second kappa shape index (κ2) is 18.2. The van der Waals surface area contributed by atoms with Crippen LogP contribution in [0.4, 0.5) is 0 Å². The molecule has 0 aliphatic heterocycles. The number of carboxylic acids is 1. The van der Waals surface area contributed by atoms with Gasteiger partial charge in [0, 0.05) is 24.5 Å². The Bertz CT molecular complexity index is 592. The van der Waals surface area contributed by atoms with Crippen LogP contribution < -0.4 is 5.32 Å². The van der Waals surface area contributed by atoms with Crippen LogP contribution in [0.15, 0.2) is 0 Å². The zero-order valence-electron chi connectivity index (χ0n) is 23.3. The summed E-state index contributed by atoms with van der Waals surface area (Å²) in [5, 5.41) is 12.2. The molecular formula is C26H51NO6S. The fourth-order valence-electron chi connectivity index (χ4n) is 2.86. The minimum Gasteiger partial charge on any atom is -0.481 e. The van der Waals surface area contributed by atoms with Gasteiger partial charge < -0.3 is 19.9 Å². The molecule has 0 aliphatic rings. The summed E-state index contributed by atoms with van der Waals surface area (Å²) < 4.78 is 11.9. The number of hydrogen-bond donors (Lipinski definition) is 2. The van der Waals surface area contributed by atoms with E-state index >= 15 is 0 Å². The molecule has 0 aromatic heterocycles. The Morgan fingerprint density at radius 3 is 1.94 bits per heavy atom. The Balaban J connectivity index is 0. The lowest BCUT2D eigenvalue weighted by molar-refractivity contribution is -0.142. The van der Waals surface area contributed by atoms with Crippen LogP contribution >= 0.6 is 11.8 Å². The average molecular weight is 506 g/mol. The van der Waals surface area contributed by atoms with E-state index in [1.807, 2.05) is 62.3 Å². The van der Waals surface area contributed by atoms with Gasteiger partial charge in [0.25, 0.3) is 0 Å². The summed E-state index contributed by atoms with van der Waals surface area (Å²) in [4.78, 5) is 35.5. The number of rotatable bonds is 18. The van der Waals surface area contributed by atoms with Crippen molar-refractivity contribution in [3.63, 3.8) is 0 Å². The molecule has 0 spiro atoms. The second-order valence-corrected chi connectivity index (χ2v) is 11.1. The van der Waals surface area contributed by atoms with Crippen LogP contribution in [0, 0.1) is 11.8 Å². The van der Waals surface area contributed by atoms with Crippen molar-refractivity contribution < 1.29 is 29.0 Å². The van der Waals surface area contributed by atoms with E-state index < -0.39 is 29.1 Å². The first-order valence-corrected chi connectivity index (χ1v) is 13.8. The van der Waals surface area contributed by atoms with E-state index in [2.05, 4.69) is 5.32 Å². The lowest BCUT2D eigenvalue weighted by Gasteiger charge is -2.30. The predicted octanol–water partition coefficient (Wildman–Crippen LogP) is 5.35. The third-order valence-corrected chi connectivity index (χ3v) is 6.48. The molecule has 1 amide bonds. The fraction of sp³-hybridized carbons (Fsp3) is 0.885. The Hall–Kier alpha value is -1.12. The van der Waals surface area contributed by atoms with Gasteiger partial charge in [0.1, 0.15) is 5.78 Å². The van der Waals surface area contributed by atoms with Crippen molar-refractivity contribution >= 4 is 29.4 Å². The van der Waals surface area contributed by atoms with Gasteiger partial charge in [-0.05, 0) is 53.2 Å². The van der Waals surface area contributed by atoms with Crippen molar-refractivity contribution in [1.82, 2.24) is 5.32 Å². The fourth-order valence-corrected chi connectivity index (χ4v) is 3.72. The SMILES string of the molecule is CC.CCSCC(NC(=O)CCC(C)(C)OCCC(C)(C)OCCC(=O)C(C)C)C(C)C(=O)O. The average Bonchev–Trinajstić information content (AvgIpc) is 2.75. The maximum Gasteiger partial charge on any atom is 0.308 e. The monoisotopic (exact) mass is 505 g/mol. The Morgan fingerprint density at radius 2 is 1.44 bits per heavy atom. The van der Waals surface area contributed by atoms with Gasteiger partial charge in [-0.25, -0.2) is 0 Å². The zero-order chi connectivity index (χ0) is 26.9. The Kier molecular flexibility index (Phi) is 18.7. The molecule has 0 bridgehead atoms. The lowest BCUT2D eigenvalue weighted by atomic mass is 10.00. The number of ketones is 1. The number of carbonyl (C=O) groups excluding carboxylic acids is 2. The van der Waals surface area contributed by atoms with E-state index in [9.17, 15) is 19.5 Å². The molecule has 2 atom stereocenters. The molecule has 0 fully saturated rings. The number of nitrogens with one attached hydrogen (secondary N) is 1. The van der Waals surface area contributed by atoms with Crippen molar-refractivity contribution in [2.24, 2.45) is 11.8 Å². The third-order valence-electron chi connectivity index (χ3n) is 5.48. The molecule has 34 heavy (non-hydrogen) atoms. The Morgan fingerprint density at radius 1 is 0.912 bits per heavy atom. The van der Waals surface area contributed by atoms with Gasteiger partial charge >= 0.3 is 5.97 Å². The van der Waals surface area contributed by atoms with Crippen molar-refractivity contribution in [3.05, 3.63) is 0 Å². The van der Waals surface area contributed by atoms with Crippen molar-refractivity contribution in [1.29, 1.82) is 0 Å². The van der Waals surface area contributed by atoms with Crippen LogP contribution in [-0.4, -0.2) is 64.7 Å². The highest BCUT2D eigenvalue weighted by molar-refractivity contribution is 7.99. The molecule has 0 aliphatic carbocycles. The van der Waals surface area contributed by atoms with Crippen LogP contribution in [0.3, 0.4) is 0 Å². The van der Waals surface area contributed by atoms with Crippen LogP contribution in [0.1, 0.15) is 94.9 Å². The zero-order valence-corrected chi connectivity index (χ0v) is 24.1. The molecule has 0 saturated heterocycles. The topological polar surface area (TPSA) is 102 Å². The van der Waals surface area contributed by atoms with E-state index in [1.165, 1.54) is 0 Å². The molecule has 2 unspecified atom stereocenters. The molecule has 0 saturated carbocycles. The van der Waals surface area contributed by atoms with Crippen LogP contribution in [0.2, 0.25) is 0 Å². The van der Waals surface area contributed by atoms with Gasteiger partial charge in [-0.15, -0.1) is 0 Å². The highest BCUT2D eigenvalue weighted by Gasteiger charge is 2.27. The van der Waals surface area contributed by atoms with Crippen molar-refractivity contribution in [2.45, 2.75) is 112 Å². The lowest BCUT2D eigenvalue weighted by Crippen LogP contribution is -2.44. The smallest absolute Gasteiger partial charge is 0.308 e. The van der Waals surface area contributed by atoms with Crippen LogP contribution in [0.5, 0.6) is 0 Å². The van der Waals surface area contributed by atoms with Crippen LogP contribution in [0.25, 0.3) is 0 Å². The number of carboxylic acid groups (broad SMARTS) is 1. The normalized spacial score (nSPS) is 13.6. The summed E-state index contributed by atoms with van der Waals surface area (Å²) in [5.74, 6) is -0.0358. The van der Waals surface area contributed by atoms with E-state index in [0.29, 0.717) is 38.2 Å². The third kappa shape index (κ3) is 17.3. The number of Topliss-reactive ketones (excluding diaryl/α,β-unsaturated/α-hetero) is 1. The molecule has 0 aromatic rings. The van der Waals surface area contributed by atoms with Gasteiger partial charge in [0.15, 0.2) is 0 Å². The van der Waals surface area contributed by atoms with E-state index in [0.717, 1.165) is 5.75 Å². The number of thioether (sulfide) groups is 1. The summed E-state index contributed by atoms with van der Waals surface area (Å²) >= 11 is 1.62. The van der Waals surface area contributed by atoms with Crippen molar-refractivity contribution in [3.8, 4) is 0 Å². The summed E-state index contributed by atoms with van der Waals surface area (Å²) in [6.45, 7) is 20.1. The summed E-state index contributed by atoms with van der Waals surface area (Å²) in [6, 6.07) is -0.394. The molecule has 0 heterocycles. The van der Waals surface area contributed by atoms with Gasteiger partial charge in [-0.3, -0.25) is 14.4 Å². The minimum atomic E-state index is -0.908. The van der Waals surface area contributed by atoms with Gasteiger partial charge in [0.2, 0.25) is 5.91 Å². The summed E-state index contributed by atoms with van der Waals surface area (Å²) in [7, 11) is 0. The highest BCUT2D eigenvalue weighted by atomic mass is 32.2. The highest BCUT2D eigenvalue weighted by Crippen LogP contribution is 2.21. The second-order valence-electron chi connectivity index (χ2n) is 9.80. The van der Waals surface area contributed by atoms with Gasteiger partial charge in [-0.2, -0.15) is 11.8 Å². The molecule has 0 radical (unpaired) electrons. The minimum absolute atomic E-state index is 0.0241. The molecular weight excluding hydrogens is 454 g/mol. The number of aliphatic carboxylic acids is 1. The molecule has 7 nitrogen and oxygen atoms in total. The first kappa shape index (κ1) is 35.0. The molecule has 2 N–H and O–H groups in total. The maximum absolute atomic E-state index is 12.4. The van der Waals surface area contributed by atoms with Gasteiger partial charge in [-0.1, -0.05) is 34.6 Å². The maximum atomic E-state index is 12.4. The first-order chi connectivity index (χ1) is 15.7. The largest absolute Gasteiger partial charge is 0.481 e. The van der Waals surface area contributed by atoms with E-state index in [1.54, 1.807) is 18.7 Å². The summed E-state index contributed by atoms with van der Waals surface area (Å²) in [5.41, 5.74) is -0.894. The van der Waals surface area contributed by atoms with E-state index in [-0.39, 0.29) is 24.0 Å². The Labute approximate surface area is 212 Å². The van der Waals surface area contributed by atoms with E-state index in [4.69, 9.17) is 9.47 Å².